The van der Waals surface area contributed by atoms with Gasteiger partial charge in [0.2, 0.25) is 0 Å². The lowest BCUT2D eigenvalue weighted by molar-refractivity contribution is -0.0566. The molecule has 94 valence electrons. The summed E-state index contributed by atoms with van der Waals surface area (Å²) in [6, 6.07) is 6.16. The van der Waals surface area contributed by atoms with E-state index >= 15 is 0 Å². The third-order valence-electron chi connectivity index (χ3n) is 3.18. The number of aryl methyl sites for hydroxylation is 1. The Bertz CT molecular complexity index is 396. The number of benzene rings is 1. The van der Waals surface area contributed by atoms with Gasteiger partial charge in [0.05, 0.1) is 0 Å². The Morgan fingerprint density at radius 3 is 2.59 bits per heavy atom. The van der Waals surface area contributed by atoms with E-state index in [1.54, 1.807) is 0 Å². The Balaban J connectivity index is 2.00. The van der Waals surface area contributed by atoms with Crippen LogP contribution in [0.2, 0.25) is 0 Å². The van der Waals surface area contributed by atoms with Gasteiger partial charge in [-0.15, -0.1) is 0 Å². The van der Waals surface area contributed by atoms with E-state index in [1.807, 2.05) is 19.1 Å². The molecule has 0 N–H and O–H groups in total. The fourth-order valence-corrected chi connectivity index (χ4v) is 2.48. The minimum Gasteiger partial charge on any atom is -0.299 e. The maximum absolute atomic E-state index is 13.0. The van der Waals surface area contributed by atoms with Crippen molar-refractivity contribution in [2.24, 2.45) is 0 Å². The van der Waals surface area contributed by atoms with Gasteiger partial charge in [0.25, 0.3) is 5.92 Å². The van der Waals surface area contributed by atoms with Crippen LogP contribution < -0.4 is 0 Å². The first-order valence-corrected chi connectivity index (χ1v) is 6.61. The molecule has 0 spiro atoms. The van der Waals surface area contributed by atoms with E-state index in [4.69, 9.17) is 0 Å². The van der Waals surface area contributed by atoms with E-state index in [1.165, 1.54) is 11.1 Å². The Kier molecular flexibility index (Phi) is 3.83. The monoisotopic (exact) mass is 303 g/mol. The third kappa shape index (κ3) is 3.49. The Morgan fingerprint density at radius 2 is 1.94 bits per heavy atom. The predicted octanol–water partition coefficient (Wildman–Crippen LogP) is 3.99. The topological polar surface area (TPSA) is 3.24 Å². The fourth-order valence-electron chi connectivity index (χ4n) is 2.10. The number of alkyl halides is 2. The second-order valence-corrected chi connectivity index (χ2v) is 5.58. The largest absolute Gasteiger partial charge is 0.299 e. The van der Waals surface area contributed by atoms with Crippen molar-refractivity contribution in [3.63, 3.8) is 0 Å². The molecule has 4 heteroatoms. The van der Waals surface area contributed by atoms with Crippen LogP contribution in [0.4, 0.5) is 8.78 Å². The summed E-state index contributed by atoms with van der Waals surface area (Å²) in [6.07, 6.45) is -0.0349. The second-order valence-electron chi connectivity index (χ2n) is 4.73. The maximum Gasteiger partial charge on any atom is 0.250 e. The first kappa shape index (κ1) is 13.0. The molecule has 1 aliphatic heterocycles. The van der Waals surface area contributed by atoms with E-state index in [-0.39, 0.29) is 12.8 Å². The molecule has 1 fully saturated rings. The van der Waals surface area contributed by atoms with Crippen LogP contribution in [0.1, 0.15) is 24.0 Å². The van der Waals surface area contributed by atoms with Crippen molar-refractivity contribution < 1.29 is 8.78 Å². The van der Waals surface area contributed by atoms with Gasteiger partial charge in [0.15, 0.2) is 0 Å². The summed E-state index contributed by atoms with van der Waals surface area (Å²) in [5.41, 5.74) is 2.38. The summed E-state index contributed by atoms with van der Waals surface area (Å²) in [5, 5.41) is 0. The molecule has 0 amide bonds. The van der Waals surface area contributed by atoms with Crippen molar-refractivity contribution in [2.45, 2.75) is 32.2 Å². The summed E-state index contributed by atoms with van der Waals surface area (Å²) < 4.78 is 27.1. The number of rotatable bonds is 2. The molecule has 1 aromatic rings. The van der Waals surface area contributed by atoms with Crippen LogP contribution in [0, 0.1) is 6.92 Å². The van der Waals surface area contributed by atoms with Gasteiger partial charge in [-0.3, -0.25) is 4.90 Å². The molecular formula is C13H16BrF2N. The minimum absolute atomic E-state index is 0.0174. The van der Waals surface area contributed by atoms with Crippen molar-refractivity contribution in [3.05, 3.63) is 33.8 Å². The van der Waals surface area contributed by atoms with E-state index in [9.17, 15) is 8.78 Å². The first-order valence-electron chi connectivity index (χ1n) is 5.81. The minimum atomic E-state index is -2.46. The molecule has 1 aliphatic rings. The maximum atomic E-state index is 13.0. The summed E-state index contributed by atoms with van der Waals surface area (Å²) in [4.78, 5) is 2.09. The van der Waals surface area contributed by atoms with Gasteiger partial charge in [-0.1, -0.05) is 33.6 Å². The van der Waals surface area contributed by atoms with E-state index in [2.05, 4.69) is 26.9 Å². The van der Waals surface area contributed by atoms with Crippen LogP contribution in [0.25, 0.3) is 0 Å². The highest BCUT2D eigenvalue weighted by atomic mass is 79.9. The van der Waals surface area contributed by atoms with E-state index < -0.39 is 5.92 Å². The van der Waals surface area contributed by atoms with Crippen LogP contribution in [-0.4, -0.2) is 23.9 Å². The Hall–Kier alpha value is -0.480. The summed E-state index contributed by atoms with van der Waals surface area (Å²) in [5.74, 6) is -2.46. The quantitative estimate of drug-likeness (QED) is 0.798. The summed E-state index contributed by atoms with van der Waals surface area (Å²) >= 11 is 3.50. The molecule has 1 heterocycles. The van der Waals surface area contributed by atoms with E-state index in [0.29, 0.717) is 13.1 Å². The molecule has 0 saturated carbocycles. The van der Waals surface area contributed by atoms with Crippen LogP contribution in [0.3, 0.4) is 0 Å². The molecule has 0 atom stereocenters. The summed E-state index contributed by atoms with van der Waals surface area (Å²) in [7, 11) is 0. The van der Waals surface area contributed by atoms with Crippen molar-refractivity contribution in [3.8, 4) is 0 Å². The van der Waals surface area contributed by atoms with Gasteiger partial charge in [0, 0.05) is 36.9 Å². The van der Waals surface area contributed by atoms with Crippen molar-refractivity contribution in [1.29, 1.82) is 0 Å². The molecule has 0 radical (unpaired) electrons. The zero-order valence-corrected chi connectivity index (χ0v) is 11.4. The fraction of sp³-hybridized carbons (Fsp3) is 0.538. The van der Waals surface area contributed by atoms with E-state index in [0.717, 1.165) is 11.0 Å². The Morgan fingerprint density at radius 1 is 1.29 bits per heavy atom. The van der Waals surface area contributed by atoms with Crippen molar-refractivity contribution in [1.82, 2.24) is 4.90 Å². The average molecular weight is 304 g/mol. The van der Waals surface area contributed by atoms with Gasteiger partial charge < -0.3 is 0 Å². The number of nitrogens with zero attached hydrogens (tertiary/aromatic N) is 1. The molecule has 0 unspecified atom stereocenters. The number of halogens is 3. The Labute approximate surface area is 109 Å². The normalized spacial score (nSPS) is 20.5. The lowest BCUT2D eigenvalue weighted by Crippen LogP contribution is -2.38. The lowest BCUT2D eigenvalue weighted by atomic mass is 10.1. The molecule has 17 heavy (non-hydrogen) atoms. The number of hydrogen-bond acceptors (Lipinski definition) is 1. The smallest absolute Gasteiger partial charge is 0.250 e. The molecular weight excluding hydrogens is 288 g/mol. The first-order chi connectivity index (χ1) is 7.96. The summed E-state index contributed by atoms with van der Waals surface area (Å²) in [6.45, 7) is 3.75. The highest BCUT2D eigenvalue weighted by Gasteiger charge is 2.33. The number of piperidine rings is 1. The van der Waals surface area contributed by atoms with Gasteiger partial charge in [-0.05, 0) is 18.6 Å². The van der Waals surface area contributed by atoms with Crippen molar-refractivity contribution in [2.75, 3.05) is 13.1 Å². The molecule has 0 bridgehead atoms. The molecule has 1 nitrogen and oxygen atoms in total. The van der Waals surface area contributed by atoms with Crippen molar-refractivity contribution >= 4 is 15.9 Å². The lowest BCUT2D eigenvalue weighted by Gasteiger charge is -2.31. The molecule has 0 aliphatic carbocycles. The number of likely N-dealkylation sites (tertiary alicyclic amines) is 1. The standard InChI is InChI=1S/C13H16BrF2N/c1-10-2-3-12(14)11(8-10)9-17-6-4-13(15,16)5-7-17/h2-3,8H,4-7,9H2,1H3. The van der Waals surface area contributed by atoms with Crippen LogP contribution in [0.5, 0.6) is 0 Å². The van der Waals surface area contributed by atoms with Crippen LogP contribution in [-0.2, 0) is 6.54 Å². The zero-order valence-electron chi connectivity index (χ0n) is 9.85. The predicted molar refractivity (Wildman–Crippen MR) is 68.3 cm³/mol. The molecule has 1 saturated heterocycles. The zero-order chi connectivity index (χ0) is 12.5. The average Bonchev–Trinajstić information content (AvgIpc) is 2.26. The van der Waals surface area contributed by atoms with Gasteiger partial charge in [-0.25, -0.2) is 8.78 Å². The highest BCUT2D eigenvalue weighted by molar-refractivity contribution is 9.10. The second kappa shape index (κ2) is 5.02. The third-order valence-corrected chi connectivity index (χ3v) is 3.96. The van der Waals surface area contributed by atoms with Gasteiger partial charge in [0.1, 0.15) is 0 Å². The van der Waals surface area contributed by atoms with Crippen LogP contribution >= 0.6 is 15.9 Å². The van der Waals surface area contributed by atoms with Gasteiger partial charge in [-0.2, -0.15) is 0 Å². The molecule has 1 aromatic carbocycles. The molecule has 0 aromatic heterocycles. The number of hydrogen-bond donors (Lipinski definition) is 0. The molecule has 2 rings (SSSR count). The SMILES string of the molecule is Cc1ccc(Br)c(CN2CCC(F)(F)CC2)c1. The van der Waals surface area contributed by atoms with Crippen LogP contribution in [0.15, 0.2) is 22.7 Å². The highest BCUT2D eigenvalue weighted by Crippen LogP contribution is 2.29. The van der Waals surface area contributed by atoms with Gasteiger partial charge >= 0.3 is 0 Å².